The lowest BCUT2D eigenvalue weighted by Gasteiger charge is -2.49. The van der Waals surface area contributed by atoms with Crippen molar-refractivity contribution >= 4 is 5.91 Å². The van der Waals surface area contributed by atoms with Gasteiger partial charge in [0.15, 0.2) is 0 Å². The highest BCUT2D eigenvalue weighted by Crippen LogP contribution is 2.35. The number of nitrogens with one attached hydrogen (secondary N) is 1. The minimum absolute atomic E-state index is 0.0350. The summed E-state index contributed by atoms with van der Waals surface area (Å²) < 4.78 is 0. The molecule has 4 fully saturated rings. The van der Waals surface area contributed by atoms with E-state index in [0.29, 0.717) is 23.8 Å². The van der Waals surface area contributed by atoms with Gasteiger partial charge in [0.05, 0.1) is 12.2 Å². The van der Waals surface area contributed by atoms with Crippen LogP contribution >= 0.6 is 0 Å². The number of rotatable bonds is 4. The number of carbonyl (C=O) groups is 1. The second-order valence-corrected chi connectivity index (χ2v) is 7.99. The molecule has 2 bridgehead atoms. The molecule has 4 aliphatic rings. The number of amides is 1. The second-order valence-electron chi connectivity index (χ2n) is 7.99. The highest BCUT2D eigenvalue weighted by molar-refractivity contribution is 5.84. The Bertz CT molecular complexity index is 387. The van der Waals surface area contributed by atoms with Gasteiger partial charge in [-0.2, -0.15) is 0 Å². The summed E-state index contributed by atoms with van der Waals surface area (Å²) in [7, 11) is 0. The number of carbonyl (C=O) groups excluding carboxylic acids is 1. The summed E-state index contributed by atoms with van der Waals surface area (Å²) in [4.78, 5) is 17.8. The largest absolute Gasteiger partial charge is 0.321 e. The highest BCUT2D eigenvalue weighted by atomic mass is 16.2. The molecule has 120 valence electrons. The van der Waals surface area contributed by atoms with E-state index in [1.807, 2.05) is 0 Å². The third-order valence-corrected chi connectivity index (χ3v) is 5.54. The Balaban J connectivity index is 1.79. The predicted molar refractivity (Wildman–Crippen MR) is 84.8 cm³/mol. The van der Waals surface area contributed by atoms with Crippen molar-refractivity contribution in [2.24, 2.45) is 17.8 Å². The first kappa shape index (κ1) is 15.3. The monoisotopic (exact) mass is 293 g/mol. The quantitative estimate of drug-likeness (QED) is 0.860. The van der Waals surface area contributed by atoms with Crippen LogP contribution in [-0.4, -0.2) is 53.6 Å². The first-order valence-corrected chi connectivity index (χ1v) is 8.78. The maximum Gasteiger partial charge on any atom is 0.241 e. The van der Waals surface area contributed by atoms with Crippen LogP contribution in [0.15, 0.2) is 0 Å². The molecule has 3 unspecified atom stereocenters. The topological polar surface area (TPSA) is 35.6 Å². The Labute approximate surface area is 129 Å². The predicted octanol–water partition coefficient (Wildman–Crippen LogP) is 1.91. The zero-order valence-corrected chi connectivity index (χ0v) is 14.0. The van der Waals surface area contributed by atoms with Crippen molar-refractivity contribution in [1.29, 1.82) is 0 Å². The molecule has 4 heteroatoms. The van der Waals surface area contributed by atoms with Crippen LogP contribution in [0, 0.1) is 17.8 Å². The first-order chi connectivity index (χ1) is 9.97. The summed E-state index contributed by atoms with van der Waals surface area (Å²) in [5.41, 5.74) is 0. The molecule has 4 nitrogen and oxygen atoms in total. The lowest BCUT2D eigenvalue weighted by Crippen LogP contribution is -2.60. The zero-order chi connectivity index (χ0) is 15.1. The highest BCUT2D eigenvalue weighted by Gasteiger charge is 2.48. The van der Waals surface area contributed by atoms with Crippen molar-refractivity contribution < 1.29 is 4.79 Å². The Kier molecular flexibility index (Phi) is 4.28. The molecule has 0 aliphatic carbocycles. The molecule has 4 heterocycles. The van der Waals surface area contributed by atoms with Crippen molar-refractivity contribution in [3.8, 4) is 0 Å². The van der Waals surface area contributed by atoms with Gasteiger partial charge in [0.2, 0.25) is 5.91 Å². The molecule has 0 saturated carbocycles. The fourth-order valence-corrected chi connectivity index (χ4v) is 4.45. The molecule has 4 aliphatic heterocycles. The minimum atomic E-state index is 0.0350. The van der Waals surface area contributed by atoms with E-state index >= 15 is 0 Å². The second kappa shape index (κ2) is 5.88. The van der Waals surface area contributed by atoms with Crippen LogP contribution in [0.4, 0.5) is 0 Å². The molecule has 0 aromatic carbocycles. The van der Waals surface area contributed by atoms with Gasteiger partial charge >= 0.3 is 0 Å². The minimum Gasteiger partial charge on any atom is -0.321 e. The van der Waals surface area contributed by atoms with Gasteiger partial charge in [0.25, 0.3) is 0 Å². The average molecular weight is 293 g/mol. The molecule has 4 saturated heterocycles. The molecule has 0 spiro atoms. The van der Waals surface area contributed by atoms with Gasteiger partial charge in [-0.1, -0.05) is 27.7 Å². The summed E-state index contributed by atoms with van der Waals surface area (Å²) in [6.45, 7) is 12.4. The Morgan fingerprint density at radius 1 is 1.19 bits per heavy atom. The van der Waals surface area contributed by atoms with Crippen molar-refractivity contribution in [3.63, 3.8) is 0 Å². The summed E-state index contributed by atoms with van der Waals surface area (Å²) >= 11 is 0. The van der Waals surface area contributed by atoms with Crippen LogP contribution in [0.25, 0.3) is 0 Å². The maximum atomic E-state index is 13.0. The van der Waals surface area contributed by atoms with E-state index in [2.05, 4.69) is 42.8 Å². The number of fused-ring (bicyclic) bond motifs is 3. The van der Waals surface area contributed by atoms with Crippen molar-refractivity contribution in [3.05, 3.63) is 0 Å². The molecule has 3 atom stereocenters. The molecule has 0 aromatic rings. The Morgan fingerprint density at radius 2 is 1.86 bits per heavy atom. The van der Waals surface area contributed by atoms with Crippen molar-refractivity contribution in [2.75, 3.05) is 19.6 Å². The van der Waals surface area contributed by atoms with Gasteiger partial charge in [-0.25, -0.2) is 0 Å². The average Bonchev–Trinajstić information content (AvgIpc) is 2.77. The fraction of sp³-hybridized carbons (Fsp3) is 0.941. The van der Waals surface area contributed by atoms with E-state index in [4.69, 9.17) is 0 Å². The van der Waals surface area contributed by atoms with Crippen LogP contribution in [0.2, 0.25) is 0 Å². The molecule has 0 radical (unpaired) electrons. The SMILES string of the molecule is CC(C)CC1NC(C(C)C)N(C2CN3CCC2CC3)C1=O. The molecule has 4 rings (SSSR count). The van der Waals surface area contributed by atoms with Crippen LogP contribution in [0.1, 0.15) is 47.0 Å². The van der Waals surface area contributed by atoms with E-state index < -0.39 is 0 Å². The van der Waals surface area contributed by atoms with Crippen LogP contribution in [-0.2, 0) is 4.79 Å². The van der Waals surface area contributed by atoms with E-state index in [0.717, 1.165) is 18.9 Å². The van der Waals surface area contributed by atoms with Gasteiger partial charge in [0, 0.05) is 12.6 Å². The smallest absolute Gasteiger partial charge is 0.241 e. The Morgan fingerprint density at radius 3 is 2.33 bits per heavy atom. The van der Waals surface area contributed by atoms with Crippen molar-refractivity contribution in [1.82, 2.24) is 15.1 Å². The molecular weight excluding hydrogens is 262 g/mol. The van der Waals surface area contributed by atoms with E-state index in [1.54, 1.807) is 0 Å². The van der Waals surface area contributed by atoms with E-state index in [-0.39, 0.29) is 12.2 Å². The number of nitrogens with zero attached hydrogens (tertiary/aromatic N) is 2. The maximum absolute atomic E-state index is 13.0. The van der Waals surface area contributed by atoms with E-state index in [1.165, 1.54) is 25.9 Å². The van der Waals surface area contributed by atoms with Crippen LogP contribution < -0.4 is 5.32 Å². The Hall–Kier alpha value is -0.610. The molecule has 0 aromatic heterocycles. The normalized spacial score (nSPS) is 39.8. The summed E-state index contributed by atoms with van der Waals surface area (Å²) in [6.07, 6.45) is 3.73. The summed E-state index contributed by atoms with van der Waals surface area (Å²) in [6, 6.07) is 0.477. The third kappa shape index (κ3) is 2.85. The zero-order valence-electron chi connectivity index (χ0n) is 14.0. The molecular formula is C17H31N3O. The van der Waals surface area contributed by atoms with Crippen LogP contribution in [0.5, 0.6) is 0 Å². The molecule has 1 amide bonds. The number of hydrogen-bond acceptors (Lipinski definition) is 3. The van der Waals surface area contributed by atoms with Gasteiger partial charge < -0.3 is 9.80 Å². The molecule has 21 heavy (non-hydrogen) atoms. The lowest BCUT2D eigenvalue weighted by atomic mass is 9.82. The first-order valence-electron chi connectivity index (χ1n) is 8.78. The lowest BCUT2D eigenvalue weighted by molar-refractivity contribution is -0.137. The fourth-order valence-electron chi connectivity index (χ4n) is 4.45. The van der Waals surface area contributed by atoms with Gasteiger partial charge in [-0.3, -0.25) is 10.1 Å². The summed E-state index contributed by atoms with van der Waals surface area (Å²) in [5.74, 6) is 2.12. The summed E-state index contributed by atoms with van der Waals surface area (Å²) in [5, 5.41) is 3.64. The number of hydrogen-bond donors (Lipinski definition) is 1. The standard InChI is InChI=1S/C17H31N3O/c1-11(2)9-14-17(21)20(16(18-14)12(3)4)15-10-19-7-5-13(15)6-8-19/h11-16,18H,5-10H2,1-4H3. The van der Waals surface area contributed by atoms with Crippen LogP contribution in [0.3, 0.4) is 0 Å². The van der Waals surface area contributed by atoms with Gasteiger partial charge in [0.1, 0.15) is 0 Å². The molecule has 1 N–H and O–H groups in total. The van der Waals surface area contributed by atoms with Crippen molar-refractivity contribution in [2.45, 2.75) is 65.2 Å². The van der Waals surface area contributed by atoms with Gasteiger partial charge in [-0.15, -0.1) is 0 Å². The third-order valence-electron chi connectivity index (χ3n) is 5.54. The van der Waals surface area contributed by atoms with E-state index in [9.17, 15) is 4.79 Å². The van der Waals surface area contributed by atoms with Gasteiger partial charge in [-0.05, 0) is 50.1 Å². The number of piperidine rings is 3.